The van der Waals surface area contributed by atoms with Crippen LogP contribution in [0.3, 0.4) is 0 Å². The number of aromatic hydroxyl groups is 1. The highest BCUT2D eigenvalue weighted by atomic mass is 16.6. The first-order valence-corrected chi connectivity index (χ1v) is 7.85. The maximum atomic E-state index is 11.0. The lowest BCUT2D eigenvalue weighted by atomic mass is 9.69. The van der Waals surface area contributed by atoms with E-state index in [1.165, 1.54) is 5.56 Å². The Morgan fingerprint density at radius 2 is 2.35 bits per heavy atom. The summed E-state index contributed by atoms with van der Waals surface area (Å²) < 4.78 is 11.2. The van der Waals surface area contributed by atoms with E-state index in [1.807, 2.05) is 12.1 Å². The van der Waals surface area contributed by atoms with Crippen molar-refractivity contribution in [2.24, 2.45) is 5.73 Å². The Labute approximate surface area is 134 Å². The van der Waals surface area contributed by atoms with Crippen LogP contribution in [0.1, 0.15) is 24.0 Å². The van der Waals surface area contributed by atoms with Crippen molar-refractivity contribution in [3.8, 4) is 11.5 Å². The first-order chi connectivity index (χ1) is 11.0. The summed E-state index contributed by atoms with van der Waals surface area (Å²) in [7, 11) is 2.10. The number of primary amides is 1. The van der Waals surface area contributed by atoms with Crippen molar-refractivity contribution in [2.75, 3.05) is 13.6 Å². The zero-order chi connectivity index (χ0) is 16.2. The van der Waals surface area contributed by atoms with Crippen molar-refractivity contribution in [1.29, 1.82) is 0 Å². The lowest BCUT2D eigenvalue weighted by Gasteiger charge is -2.36. The molecule has 6 heteroatoms. The number of ether oxygens (including phenoxy) is 2. The molecule has 1 spiro atoms. The van der Waals surface area contributed by atoms with Gasteiger partial charge >= 0.3 is 6.09 Å². The van der Waals surface area contributed by atoms with Crippen LogP contribution in [0, 0.1) is 0 Å². The van der Waals surface area contributed by atoms with Crippen LogP contribution in [-0.4, -0.2) is 41.9 Å². The van der Waals surface area contributed by atoms with E-state index in [2.05, 4.69) is 18.0 Å². The molecule has 2 heterocycles. The largest absolute Gasteiger partial charge is 0.504 e. The minimum Gasteiger partial charge on any atom is -0.504 e. The van der Waals surface area contributed by atoms with Gasteiger partial charge in [0, 0.05) is 18.5 Å². The van der Waals surface area contributed by atoms with Crippen molar-refractivity contribution in [1.82, 2.24) is 4.90 Å². The van der Waals surface area contributed by atoms with E-state index in [-0.39, 0.29) is 23.4 Å². The summed E-state index contributed by atoms with van der Waals surface area (Å²) in [5.41, 5.74) is 7.12. The number of carbonyl (C=O) groups is 1. The standard InChI is InChI=1S/C17H20N2O4/c1-19-7-6-17-5-4-11(22-16(18)21)8-13(17)23-15-12(20)3-2-10(9-19)14(15)17/h2-5,11,13,20H,6-9H2,1H3,(H2,18,21)/t11-,13-,17?/m0/s1. The molecule has 6 nitrogen and oxygen atoms in total. The molecule has 0 radical (unpaired) electrons. The molecule has 3 aliphatic rings. The van der Waals surface area contributed by atoms with Gasteiger partial charge in [0.05, 0.1) is 5.41 Å². The molecule has 0 bridgehead atoms. The highest BCUT2D eigenvalue weighted by Crippen LogP contribution is 2.55. The molecule has 1 unspecified atom stereocenters. The third kappa shape index (κ3) is 2.09. The fraction of sp³-hybridized carbons (Fsp3) is 0.471. The van der Waals surface area contributed by atoms with Gasteiger partial charge in [-0.1, -0.05) is 12.1 Å². The van der Waals surface area contributed by atoms with Crippen molar-refractivity contribution < 1.29 is 19.4 Å². The van der Waals surface area contributed by atoms with Gasteiger partial charge < -0.3 is 25.2 Å². The van der Waals surface area contributed by atoms with E-state index < -0.39 is 6.09 Å². The van der Waals surface area contributed by atoms with Crippen LogP contribution in [0.15, 0.2) is 24.3 Å². The molecule has 1 aromatic rings. The number of nitrogens with zero attached hydrogens (tertiary/aromatic N) is 1. The molecular formula is C17H20N2O4. The summed E-state index contributed by atoms with van der Waals surface area (Å²) in [5.74, 6) is 0.745. The lowest BCUT2D eigenvalue weighted by molar-refractivity contribution is 0.0648. The number of benzene rings is 1. The Hall–Kier alpha value is -2.21. The Bertz CT molecular complexity index is 702. The van der Waals surface area contributed by atoms with Crippen LogP contribution in [0.5, 0.6) is 11.5 Å². The SMILES string of the molecule is CN1CCC23C=C[C@H](OC(N)=O)C[C@@H]2Oc2c(O)ccc(c23)C1. The topological polar surface area (TPSA) is 85.0 Å². The third-order valence-corrected chi connectivity index (χ3v) is 5.19. The minimum absolute atomic E-state index is 0.162. The summed E-state index contributed by atoms with van der Waals surface area (Å²) in [5, 5.41) is 10.2. The fourth-order valence-corrected chi connectivity index (χ4v) is 4.15. The molecule has 122 valence electrons. The predicted molar refractivity (Wildman–Crippen MR) is 83.4 cm³/mol. The first kappa shape index (κ1) is 14.4. The summed E-state index contributed by atoms with van der Waals surface area (Å²) in [6.45, 7) is 1.76. The predicted octanol–water partition coefficient (Wildman–Crippen LogP) is 1.65. The van der Waals surface area contributed by atoms with E-state index in [0.717, 1.165) is 25.1 Å². The number of carbonyl (C=O) groups excluding carboxylic acids is 1. The van der Waals surface area contributed by atoms with E-state index in [0.29, 0.717) is 12.2 Å². The zero-order valence-corrected chi connectivity index (χ0v) is 13.0. The number of rotatable bonds is 1. The van der Waals surface area contributed by atoms with Gasteiger partial charge in [0.2, 0.25) is 0 Å². The van der Waals surface area contributed by atoms with Gasteiger partial charge in [0.15, 0.2) is 11.5 Å². The number of hydrogen-bond donors (Lipinski definition) is 2. The van der Waals surface area contributed by atoms with Crippen molar-refractivity contribution in [3.05, 3.63) is 35.4 Å². The molecule has 23 heavy (non-hydrogen) atoms. The van der Waals surface area contributed by atoms with Gasteiger partial charge in [-0.15, -0.1) is 0 Å². The molecule has 2 aliphatic heterocycles. The molecule has 4 rings (SSSR count). The number of nitrogens with two attached hydrogens (primary N) is 1. The van der Waals surface area contributed by atoms with E-state index in [9.17, 15) is 9.90 Å². The van der Waals surface area contributed by atoms with Gasteiger partial charge in [-0.25, -0.2) is 4.79 Å². The Kier molecular flexibility index (Phi) is 3.06. The molecule has 3 atom stereocenters. The molecule has 1 amide bonds. The van der Waals surface area contributed by atoms with Crippen LogP contribution in [0.2, 0.25) is 0 Å². The third-order valence-electron chi connectivity index (χ3n) is 5.19. The Morgan fingerprint density at radius 3 is 3.13 bits per heavy atom. The van der Waals surface area contributed by atoms with E-state index in [1.54, 1.807) is 6.07 Å². The molecule has 1 aliphatic carbocycles. The monoisotopic (exact) mass is 316 g/mol. The highest BCUT2D eigenvalue weighted by Gasteiger charge is 2.53. The van der Waals surface area contributed by atoms with E-state index >= 15 is 0 Å². The molecule has 0 saturated heterocycles. The van der Waals surface area contributed by atoms with Crippen molar-refractivity contribution >= 4 is 6.09 Å². The Balaban J connectivity index is 1.82. The second-order valence-corrected chi connectivity index (χ2v) is 6.65. The van der Waals surface area contributed by atoms with Crippen LogP contribution in [0.4, 0.5) is 4.79 Å². The summed E-state index contributed by atoms with van der Waals surface area (Å²) >= 11 is 0. The van der Waals surface area contributed by atoms with Crippen molar-refractivity contribution in [2.45, 2.75) is 37.0 Å². The smallest absolute Gasteiger partial charge is 0.405 e. The number of phenolic OH excluding ortho intramolecular Hbond substituents is 1. The summed E-state index contributed by atoms with van der Waals surface area (Å²) in [4.78, 5) is 13.3. The Morgan fingerprint density at radius 1 is 1.52 bits per heavy atom. The normalized spacial score (nSPS) is 31.7. The molecule has 1 aromatic carbocycles. The van der Waals surface area contributed by atoms with Gasteiger partial charge in [0.1, 0.15) is 12.2 Å². The van der Waals surface area contributed by atoms with Gasteiger partial charge in [-0.2, -0.15) is 0 Å². The first-order valence-electron chi connectivity index (χ1n) is 7.85. The van der Waals surface area contributed by atoms with Gasteiger partial charge in [0.25, 0.3) is 0 Å². The average Bonchev–Trinajstić information content (AvgIpc) is 2.76. The van der Waals surface area contributed by atoms with Crippen LogP contribution in [-0.2, 0) is 16.7 Å². The van der Waals surface area contributed by atoms with Gasteiger partial charge in [-0.05, 0) is 37.7 Å². The number of hydrogen-bond acceptors (Lipinski definition) is 5. The maximum Gasteiger partial charge on any atom is 0.405 e. The quantitative estimate of drug-likeness (QED) is 0.770. The number of amides is 1. The van der Waals surface area contributed by atoms with E-state index in [4.69, 9.17) is 15.2 Å². The maximum absolute atomic E-state index is 11.0. The molecule has 0 aromatic heterocycles. The molecule has 0 fully saturated rings. The van der Waals surface area contributed by atoms with Crippen LogP contribution >= 0.6 is 0 Å². The van der Waals surface area contributed by atoms with Crippen LogP contribution in [0.25, 0.3) is 0 Å². The summed E-state index contributed by atoms with van der Waals surface area (Å²) in [6.07, 6.45) is 4.10. The molecule has 3 N–H and O–H groups in total. The fourth-order valence-electron chi connectivity index (χ4n) is 4.15. The van der Waals surface area contributed by atoms with Crippen molar-refractivity contribution in [3.63, 3.8) is 0 Å². The molecular weight excluding hydrogens is 296 g/mol. The summed E-state index contributed by atoms with van der Waals surface area (Å²) in [6, 6.07) is 3.67. The second-order valence-electron chi connectivity index (χ2n) is 6.65. The molecule has 0 saturated carbocycles. The highest BCUT2D eigenvalue weighted by molar-refractivity contribution is 5.65. The van der Waals surface area contributed by atoms with Gasteiger partial charge in [-0.3, -0.25) is 0 Å². The zero-order valence-electron chi connectivity index (χ0n) is 13.0. The lowest BCUT2D eigenvalue weighted by Crippen LogP contribution is -2.44. The average molecular weight is 316 g/mol. The second kappa shape index (κ2) is 4.89. The number of phenols is 1. The van der Waals surface area contributed by atoms with Crippen LogP contribution < -0.4 is 10.5 Å². The minimum atomic E-state index is -0.782.